The highest BCUT2D eigenvalue weighted by molar-refractivity contribution is 5.87. The molecule has 74 valence electrons. The van der Waals surface area contributed by atoms with Gasteiger partial charge in [0.1, 0.15) is 12.2 Å². The van der Waals surface area contributed by atoms with Crippen molar-refractivity contribution < 1.29 is 4.79 Å². The van der Waals surface area contributed by atoms with E-state index >= 15 is 0 Å². The van der Waals surface area contributed by atoms with Crippen LogP contribution in [0.25, 0.3) is 0 Å². The maximum absolute atomic E-state index is 11.1. The van der Waals surface area contributed by atoms with E-state index in [0.29, 0.717) is 6.54 Å². The molecular formula is C9H12N4O. The van der Waals surface area contributed by atoms with E-state index in [0.717, 1.165) is 18.7 Å². The maximum atomic E-state index is 11.1. The number of aryl methyl sites for hydroxylation is 1. The fourth-order valence-electron chi connectivity index (χ4n) is 1.62. The Bertz CT molecular complexity index is 357. The van der Waals surface area contributed by atoms with Crippen molar-refractivity contribution >= 4 is 5.91 Å². The number of nitrogens with zero attached hydrogens (tertiary/aromatic N) is 3. The fourth-order valence-corrected chi connectivity index (χ4v) is 1.62. The van der Waals surface area contributed by atoms with Gasteiger partial charge in [0.15, 0.2) is 0 Å². The first-order chi connectivity index (χ1) is 6.79. The van der Waals surface area contributed by atoms with E-state index in [-0.39, 0.29) is 11.9 Å². The van der Waals surface area contributed by atoms with Gasteiger partial charge in [-0.2, -0.15) is 5.10 Å². The molecule has 1 atom stereocenters. The van der Waals surface area contributed by atoms with E-state index in [9.17, 15) is 4.79 Å². The molecule has 0 saturated heterocycles. The molecule has 1 aromatic rings. The second-order valence-electron chi connectivity index (χ2n) is 3.31. The molecule has 1 aliphatic rings. The van der Waals surface area contributed by atoms with E-state index in [1.54, 1.807) is 6.33 Å². The van der Waals surface area contributed by atoms with Crippen LogP contribution in [0.15, 0.2) is 19.0 Å². The molecule has 5 nitrogen and oxygen atoms in total. The van der Waals surface area contributed by atoms with Gasteiger partial charge >= 0.3 is 0 Å². The highest BCUT2D eigenvalue weighted by Gasteiger charge is 2.20. The molecule has 0 radical (unpaired) electrons. The minimum Gasteiger partial charge on any atom is -0.348 e. The maximum Gasteiger partial charge on any atom is 0.243 e. The lowest BCUT2D eigenvalue weighted by atomic mass is 10.1. The predicted octanol–water partition coefficient (Wildman–Crippen LogP) is -0.105. The minimum absolute atomic E-state index is 0.126. The van der Waals surface area contributed by atoms with E-state index in [2.05, 4.69) is 22.0 Å². The zero-order chi connectivity index (χ0) is 9.97. The van der Waals surface area contributed by atoms with Crippen LogP contribution in [0.1, 0.15) is 12.2 Å². The Morgan fingerprint density at radius 3 is 3.43 bits per heavy atom. The number of aromatic nitrogens is 3. The number of amides is 1. The van der Waals surface area contributed by atoms with Crippen molar-refractivity contribution in [2.45, 2.75) is 25.4 Å². The van der Waals surface area contributed by atoms with Gasteiger partial charge in [0.25, 0.3) is 0 Å². The van der Waals surface area contributed by atoms with Crippen LogP contribution >= 0.6 is 0 Å². The summed E-state index contributed by atoms with van der Waals surface area (Å²) in [7, 11) is 0. The first kappa shape index (κ1) is 8.93. The molecule has 0 bridgehead atoms. The molecule has 0 aliphatic carbocycles. The van der Waals surface area contributed by atoms with Crippen molar-refractivity contribution in [3.8, 4) is 0 Å². The van der Waals surface area contributed by atoms with Crippen molar-refractivity contribution in [3.05, 3.63) is 24.8 Å². The number of rotatable bonds is 2. The lowest BCUT2D eigenvalue weighted by Crippen LogP contribution is -2.40. The van der Waals surface area contributed by atoms with Crippen molar-refractivity contribution in [1.82, 2.24) is 20.1 Å². The van der Waals surface area contributed by atoms with Crippen LogP contribution in [0, 0.1) is 0 Å². The Kier molecular flexibility index (Phi) is 2.30. The van der Waals surface area contributed by atoms with Gasteiger partial charge < -0.3 is 5.32 Å². The van der Waals surface area contributed by atoms with Crippen LogP contribution in [0.2, 0.25) is 0 Å². The Hall–Kier alpha value is -1.65. The molecule has 1 unspecified atom stereocenters. The largest absolute Gasteiger partial charge is 0.348 e. The molecule has 14 heavy (non-hydrogen) atoms. The van der Waals surface area contributed by atoms with E-state index in [4.69, 9.17) is 0 Å². The molecule has 1 amide bonds. The van der Waals surface area contributed by atoms with Gasteiger partial charge in [-0.1, -0.05) is 6.58 Å². The number of hydrogen-bond acceptors (Lipinski definition) is 3. The summed E-state index contributed by atoms with van der Waals surface area (Å²) in [5.41, 5.74) is 0. The van der Waals surface area contributed by atoms with Crippen molar-refractivity contribution in [3.63, 3.8) is 0 Å². The second-order valence-corrected chi connectivity index (χ2v) is 3.31. The lowest BCUT2D eigenvalue weighted by Gasteiger charge is -2.22. The number of fused-ring (bicyclic) bond motifs is 1. The zero-order valence-electron chi connectivity index (χ0n) is 7.81. The predicted molar refractivity (Wildman–Crippen MR) is 50.5 cm³/mol. The molecule has 1 aromatic heterocycles. The van der Waals surface area contributed by atoms with Gasteiger partial charge in [0, 0.05) is 12.5 Å². The Morgan fingerprint density at radius 1 is 1.79 bits per heavy atom. The molecule has 5 heteroatoms. The Labute approximate surface area is 81.8 Å². The van der Waals surface area contributed by atoms with Gasteiger partial charge in [0.05, 0.1) is 6.54 Å². The second kappa shape index (κ2) is 3.61. The van der Waals surface area contributed by atoms with Crippen molar-refractivity contribution in [2.75, 3.05) is 0 Å². The van der Waals surface area contributed by atoms with Crippen LogP contribution in [0.4, 0.5) is 0 Å². The van der Waals surface area contributed by atoms with Gasteiger partial charge in [-0.25, -0.2) is 9.67 Å². The molecule has 0 aromatic carbocycles. The van der Waals surface area contributed by atoms with Gasteiger partial charge in [-0.3, -0.25) is 4.79 Å². The summed E-state index contributed by atoms with van der Waals surface area (Å²) in [6.45, 7) is 4.12. The highest BCUT2D eigenvalue weighted by atomic mass is 16.1. The molecule has 0 fully saturated rings. The number of nitrogens with one attached hydrogen (secondary N) is 1. The first-order valence-corrected chi connectivity index (χ1v) is 4.59. The third-order valence-electron chi connectivity index (χ3n) is 2.34. The fraction of sp³-hybridized carbons (Fsp3) is 0.444. The number of carbonyl (C=O) groups excluding carboxylic acids is 1. The van der Waals surface area contributed by atoms with E-state index in [1.165, 1.54) is 6.08 Å². The average Bonchev–Trinajstić information content (AvgIpc) is 2.64. The summed E-state index contributed by atoms with van der Waals surface area (Å²) in [6.07, 6.45) is 4.62. The summed E-state index contributed by atoms with van der Waals surface area (Å²) in [6, 6.07) is 0.148. The Morgan fingerprint density at radius 2 is 2.64 bits per heavy atom. The summed E-state index contributed by atoms with van der Waals surface area (Å²) in [4.78, 5) is 15.2. The van der Waals surface area contributed by atoms with Crippen LogP contribution in [0.5, 0.6) is 0 Å². The third kappa shape index (κ3) is 1.66. The summed E-state index contributed by atoms with van der Waals surface area (Å²) >= 11 is 0. The SMILES string of the molecule is C=CC(=O)NC1CCc2ncnn2C1. The zero-order valence-corrected chi connectivity index (χ0v) is 7.81. The van der Waals surface area contributed by atoms with Gasteiger partial charge in [-0.05, 0) is 12.5 Å². The minimum atomic E-state index is -0.126. The van der Waals surface area contributed by atoms with E-state index < -0.39 is 0 Å². The highest BCUT2D eigenvalue weighted by Crippen LogP contribution is 2.10. The quantitative estimate of drug-likeness (QED) is 0.665. The summed E-state index contributed by atoms with van der Waals surface area (Å²) in [5, 5.41) is 6.92. The van der Waals surface area contributed by atoms with Gasteiger partial charge in [-0.15, -0.1) is 0 Å². The van der Waals surface area contributed by atoms with Crippen molar-refractivity contribution in [2.24, 2.45) is 0 Å². The Balaban J connectivity index is 2.00. The third-order valence-corrected chi connectivity index (χ3v) is 2.34. The molecule has 2 rings (SSSR count). The molecule has 0 saturated carbocycles. The molecule has 0 spiro atoms. The topological polar surface area (TPSA) is 59.8 Å². The normalized spacial score (nSPS) is 19.9. The molecule has 1 N–H and O–H groups in total. The van der Waals surface area contributed by atoms with Crippen LogP contribution < -0.4 is 5.32 Å². The average molecular weight is 192 g/mol. The van der Waals surface area contributed by atoms with Crippen LogP contribution in [-0.4, -0.2) is 26.7 Å². The molecule has 2 heterocycles. The smallest absolute Gasteiger partial charge is 0.243 e. The number of hydrogen-bond donors (Lipinski definition) is 1. The summed E-state index contributed by atoms with van der Waals surface area (Å²) in [5.74, 6) is 0.868. The molecular weight excluding hydrogens is 180 g/mol. The lowest BCUT2D eigenvalue weighted by molar-refractivity contribution is -0.117. The van der Waals surface area contributed by atoms with Crippen LogP contribution in [0.3, 0.4) is 0 Å². The number of carbonyl (C=O) groups is 1. The van der Waals surface area contributed by atoms with Crippen molar-refractivity contribution in [1.29, 1.82) is 0 Å². The van der Waals surface area contributed by atoms with E-state index in [1.807, 2.05) is 4.68 Å². The molecule has 1 aliphatic heterocycles. The first-order valence-electron chi connectivity index (χ1n) is 4.59. The monoisotopic (exact) mass is 192 g/mol. The standard InChI is InChI=1S/C9H12N4O/c1-2-9(14)12-7-3-4-8-10-6-11-13(8)5-7/h2,6-7H,1,3-5H2,(H,12,14). The van der Waals surface area contributed by atoms with Gasteiger partial charge in [0.2, 0.25) is 5.91 Å². The van der Waals surface area contributed by atoms with Crippen LogP contribution in [-0.2, 0) is 17.8 Å². The summed E-state index contributed by atoms with van der Waals surface area (Å²) < 4.78 is 1.83.